The van der Waals surface area contributed by atoms with Crippen LogP contribution in [0.5, 0.6) is 0 Å². The minimum Gasteiger partial charge on any atom is -0.452 e. The Kier molecular flexibility index (Phi) is 6.05. The number of allylic oxidation sites excluding steroid dienone is 2. The quantitative estimate of drug-likeness (QED) is 0.320. The number of halogens is 2. The van der Waals surface area contributed by atoms with Crippen LogP contribution < -0.4 is 10.2 Å². The average molecular weight is 558 g/mol. The molecule has 7 nitrogen and oxygen atoms in total. The van der Waals surface area contributed by atoms with E-state index in [9.17, 15) is 19.2 Å². The molecule has 180 valence electrons. The molecule has 3 aliphatic rings. The molecule has 1 heterocycles. The van der Waals surface area contributed by atoms with Crippen LogP contribution in [0.1, 0.15) is 29.3 Å². The van der Waals surface area contributed by atoms with E-state index in [0.717, 1.165) is 12.0 Å². The summed E-state index contributed by atoms with van der Waals surface area (Å²) in [5.74, 6) is -2.13. The van der Waals surface area contributed by atoms with Crippen molar-refractivity contribution >= 4 is 62.6 Å². The second-order valence-electron chi connectivity index (χ2n) is 9.24. The van der Waals surface area contributed by atoms with Gasteiger partial charge in [-0.1, -0.05) is 29.3 Å². The fourth-order valence-corrected chi connectivity index (χ4v) is 6.10. The lowest BCUT2D eigenvalue weighted by Gasteiger charge is -2.19. The van der Waals surface area contributed by atoms with E-state index in [1.54, 1.807) is 24.3 Å². The number of anilines is 2. The molecule has 1 saturated carbocycles. The molecule has 2 aromatic carbocycles. The highest BCUT2D eigenvalue weighted by Gasteiger charge is 2.60. The van der Waals surface area contributed by atoms with Gasteiger partial charge in [-0.05, 0) is 83.9 Å². The number of esters is 1. The van der Waals surface area contributed by atoms with Crippen molar-refractivity contribution in [2.45, 2.75) is 20.3 Å². The predicted octanol–water partition coefficient (Wildman–Crippen LogP) is 4.91. The van der Waals surface area contributed by atoms with Crippen LogP contribution in [0, 0.1) is 30.6 Å². The molecule has 4 atom stereocenters. The van der Waals surface area contributed by atoms with E-state index in [0.29, 0.717) is 20.9 Å². The Bertz CT molecular complexity index is 1320. The number of hydrogen-bond acceptors (Lipinski definition) is 5. The number of carbonyl (C=O) groups excluding carboxylic acids is 4. The molecule has 0 spiro atoms. The molecule has 0 radical (unpaired) electrons. The van der Waals surface area contributed by atoms with Gasteiger partial charge in [0.05, 0.1) is 28.1 Å². The first-order valence-corrected chi connectivity index (χ1v) is 12.4. The van der Waals surface area contributed by atoms with E-state index in [1.807, 2.05) is 13.8 Å². The first-order valence-electron chi connectivity index (χ1n) is 11.2. The van der Waals surface area contributed by atoms with Gasteiger partial charge in [-0.25, -0.2) is 9.69 Å². The maximum Gasteiger partial charge on any atom is 0.338 e. The number of aryl methyl sites for hydroxylation is 1. The summed E-state index contributed by atoms with van der Waals surface area (Å²) in [6.45, 7) is 3.32. The van der Waals surface area contributed by atoms with Crippen LogP contribution in [0.3, 0.4) is 0 Å². The van der Waals surface area contributed by atoms with Crippen LogP contribution >= 0.6 is 27.5 Å². The number of nitrogens with zero attached hydrogens (tertiary/aromatic N) is 1. The number of hydrogen-bond donors (Lipinski definition) is 1. The van der Waals surface area contributed by atoms with E-state index in [2.05, 4.69) is 27.3 Å². The van der Waals surface area contributed by atoms with Crippen molar-refractivity contribution in [2.75, 3.05) is 16.8 Å². The van der Waals surface area contributed by atoms with Gasteiger partial charge in [-0.2, -0.15) is 0 Å². The van der Waals surface area contributed by atoms with Crippen LogP contribution in [0.15, 0.2) is 52.5 Å². The van der Waals surface area contributed by atoms with Gasteiger partial charge in [0.15, 0.2) is 6.61 Å². The van der Waals surface area contributed by atoms with E-state index in [-0.39, 0.29) is 41.0 Å². The minimum absolute atomic E-state index is 0.0994. The van der Waals surface area contributed by atoms with Crippen molar-refractivity contribution in [1.29, 1.82) is 0 Å². The van der Waals surface area contributed by atoms with Gasteiger partial charge < -0.3 is 10.1 Å². The maximum atomic E-state index is 13.2. The lowest BCUT2D eigenvalue weighted by Crippen LogP contribution is -2.33. The smallest absolute Gasteiger partial charge is 0.338 e. The molecule has 3 amide bonds. The van der Waals surface area contributed by atoms with Crippen LogP contribution in [0.4, 0.5) is 11.4 Å². The molecule has 0 unspecified atom stereocenters. The average Bonchev–Trinajstić information content (AvgIpc) is 3.46. The molecule has 2 aromatic rings. The number of rotatable bonds is 5. The predicted molar refractivity (Wildman–Crippen MR) is 134 cm³/mol. The first kappa shape index (κ1) is 23.8. The van der Waals surface area contributed by atoms with Crippen LogP contribution in [0.2, 0.25) is 5.02 Å². The Morgan fingerprint density at radius 2 is 1.89 bits per heavy atom. The number of nitrogens with one attached hydrogen (secondary N) is 1. The summed E-state index contributed by atoms with van der Waals surface area (Å²) in [5, 5.41) is 3.11. The van der Waals surface area contributed by atoms with Crippen molar-refractivity contribution in [3.05, 3.63) is 68.7 Å². The zero-order valence-corrected chi connectivity index (χ0v) is 21.4. The van der Waals surface area contributed by atoms with E-state index in [4.69, 9.17) is 16.3 Å². The molecule has 1 saturated heterocycles. The lowest BCUT2D eigenvalue weighted by molar-refractivity contribution is -0.123. The Labute approximate surface area is 215 Å². The lowest BCUT2D eigenvalue weighted by atomic mass is 9.82. The highest BCUT2D eigenvalue weighted by atomic mass is 79.9. The topological polar surface area (TPSA) is 92.8 Å². The Hall–Kier alpha value is -2.97. The van der Waals surface area contributed by atoms with Crippen molar-refractivity contribution in [2.24, 2.45) is 23.7 Å². The summed E-state index contributed by atoms with van der Waals surface area (Å²) in [5.41, 5.74) is 2.96. The number of carbonyl (C=O) groups is 4. The maximum absolute atomic E-state index is 13.2. The molecule has 5 rings (SSSR count). The number of imide groups is 1. The fraction of sp³-hybridized carbons (Fsp3) is 0.308. The van der Waals surface area contributed by atoms with Gasteiger partial charge in [0.2, 0.25) is 11.8 Å². The molecule has 2 aliphatic carbocycles. The molecule has 0 aromatic heterocycles. The standard InChI is InChI=1S/C26H22BrClN2O5/c1-12-6-15-9-17(12)23-22(15)24(32)30(25(23)33)16-5-3-4-14(8-16)26(34)35-11-21(31)29-20-10-19(28)18(27)7-13(20)2/h3-8,10,15,17,22-23H,9,11H2,1-2H3,(H,29,31)/t15-,17+,22-,23-/m0/s1. The zero-order chi connectivity index (χ0) is 25.0. The Morgan fingerprint density at radius 1 is 1.14 bits per heavy atom. The highest BCUT2D eigenvalue weighted by Crippen LogP contribution is 2.55. The molecule has 9 heteroatoms. The third kappa shape index (κ3) is 4.08. The Balaban J connectivity index is 1.25. The summed E-state index contributed by atoms with van der Waals surface area (Å²) < 4.78 is 5.88. The van der Waals surface area contributed by atoms with Gasteiger partial charge in [0, 0.05) is 10.2 Å². The van der Waals surface area contributed by atoms with Crippen LogP contribution in [0.25, 0.3) is 0 Å². The Morgan fingerprint density at radius 3 is 2.66 bits per heavy atom. The van der Waals surface area contributed by atoms with Gasteiger partial charge in [0.1, 0.15) is 0 Å². The third-order valence-electron chi connectivity index (χ3n) is 7.10. The van der Waals surface area contributed by atoms with Crippen LogP contribution in [-0.4, -0.2) is 30.3 Å². The van der Waals surface area contributed by atoms with Crippen molar-refractivity contribution in [3.8, 4) is 0 Å². The SMILES string of the molecule is CC1=C[C@H]2C[C@H]1[C@@H]1C(=O)N(c3cccc(C(=O)OCC(=O)Nc4cc(Cl)c(Br)cc4C)c3)C(=O)[C@H]12. The number of ether oxygens (including phenoxy) is 1. The van der Waals surface area contributed by atoms with E-state index >= 15 is 0 Å². The molecule has 35 heavy (non-hydrogen) atoms. The van der Waals surface area contributed by atoms with Gasteiger partial charge >= 0.3 is 5.97 Å². The van der Waals surface area contributed by atoms with Crippen molar-refractivity contribution < 1.29 is 23.9 Å². The summed E-state index contributed by atoms with van der Waals surface area (Å²) in [6, 6.07) is 9.57. The zero-order valence-electron chi connectivity index (χ0n) is 19.0. The van der Waals surface area contributed by atoms with Crippen molar-refractivity contribution in [1.82, 2.24) is 0 Å². The molecule has 2 fully saturated rings. The fourth-order valence-electron chi connectivity index (χ4n) is 5.48. The number of amides is 3. The normalized spacial score (nSPS) is 24.5. The summed E-state index contributed by atoms with van der Waals surface area (Å²) in [4.78, 5) is 52.4. The summed E-state index contributed by atoms with van der Waals surface area (Å²) in [6.07, 6.45) is 2.97. The summed E-state index contributed by atoms with van der Waals surface area (Å²) >= 11 is 9.41. The van der Waals surface area contributed by atoms with Gasteiger partial charge in [0.25, 0.3) is 5.91 Å². The minimum atomic E-state index is -0.732. The van der Waals surface area contributed by atoms with Crippen LogP contribution in [-0.2, 0) is 19.1 Å². The number of fused-ring (bicyclic) bond motifs is 5. The van der Waals surface area contributed by atoms with Gasteiger partial charge in [-0.3, -0.25) is 14.4 Å². The highest BCUT2D eigenvalue weighted by molar-refractivity contribution is 9.10. The van der Waals surface area contributed by atoms with Gasteiger partial charge in [-0.15, -0.1) is 0 Å². The largest absolute Gasteiger partial charge is 0.452 e. The molecular formula is C26H22BrClN2O5. The van der Waals surface area contributed by atoms with E-state index in [1.165, 1.54) is 22.6 Å². The molecule has 2 bridgehead atoms. The molecular weight excluding hydrogens is 536 g/mol. The molecule has 1 aliphatic heterocycles. The third-order valence-corrected chi connectivity index (χ3v) is 8.29. The monoisotopic (exact) mass is 556 g/mol. The molecule has 1 N–H and O–H groups in total. The van der Waals surface area contributed by atoms with Crippen molar-refractivity contribution in [3.63, 3.8) is 0 Å². The first-order chi connectivity index (χ1) is 16.7. The number of benzene rings is 2. The van der Waals surface area contributed by atoms with E-state index < -0.39 is 18.5 Å². The second kappa shape index (κ2) is 8.91. The second-order valence-corrected chi connectivity index (χ2v) is 10.5. The summed E-state index contributed by atoms with van der Waals surface area (Å²) in [7, 11) is 0.